The largest absolute Gasteiger partial charge is 0.369 e. The molecule has 0 fully saturated rings. The van der Waals surface area contributed by atoms with E-state index in [0.29, 0.717) is 0 Å². The van der Waals surface area contributed by atoms with E-state index in [1.54, 1.807) is 11.3 Å². The van der Waals surface area contributed by atoms with Gasteiger partial charge < -0.3 is 5.32 Å². The van der Waals surface area contributed by atoms with Gasteiger partial charge in [0.2, 0.25) is 0 Å². The van der Waals surface area contributed by atoms with Gasteiger partial charge in [-0.15, -0.1) is 11.3 Å². The quantitative estimate of drug-likeness (QED) is 0.774. The molecule has 0 radical (unpaired) electrons. The molecule has 108 valence electrons. The summed E-state index contributed by atoms with van der Waals surface area (Å²) in [6.45, 7) is 9.60. The van der Waals surface area contributed by atoms with Crippen molar-refractivity contribution in [2.45, 2.75) is 39.5 Å². The Morgan fingerprint density at radius 2 is 2.05 bits per heavy atom. The molecular weight excluding hydrogens is 383 g/mol. The van der Waals surface area contributed by atoms with E-state index >= 15 is 0 Å². The van der Waals surface area contributed by atoms with Gasteiger partial charge in [-0.05, 0) is 29.0 Å². The number of nitrogens with one attached hydrogen (secondary N) is 1. The topological polar surface area (TPSA) is 50.7 Å². The number of anilines is 1. The fourth-order valence-electron chi connectivity index (χ4n) is 1.74. The molecule has 0 aromatic carbocycles. The Balaban J connectivity index is 2.54. The van der Waals surface area contributed by atoms with Crippen molar-refractivity contribution in [1.29, 1.82) is 0 Å². The van der Waals surface area contributed by atoms with E-state index in [-0.39, 0.29) is 5.41 Å². The first-order valence-electron chi connectivity index (χ1n) is 6.64. The maximum atomic E-state index is 4.77. The molecule has 0 spiro atoms. The van der Waals surface area contributed by atoms with E-state index < -0.39 is 0 Å². The molecule has 0 unspecified atom stereocenters. The highest BCUT2D eigenvalue weighted by Crippen LogP contribution is 2.32. The first-order valence-corrected chi connectivity index (χ1v) is 8.60. The standard InChI is InChI=1S/C14H19IN4S/c1-5-6-17-13-10(15)11(14(2,3)4)18-12(19-13)9-7-16-8-20-9/h7-8H,5-6H2,1-4H3,(H,17,18,19). The molecule has 0 saturated heterocycles. The SMILES string of the molecule is CCCNc1nc(-c2cncs2)nc(C(C)(C)C)c1I. The lowest BCUT2D eigenvalue weighted by Gasteiger charge is -2.22. The Morgan fingerprint density at radius 3 is 2.60 bits per heavy atom. The van der Waals surface area contributed by atoms with E-state index in [1.165, 1.54) is 0 Å². The zero-order valence-electron chi connectivity index (χ0n) is 12.2. The molecule has 20 heavy (non-hydrogen) atoms. The van der Waals surface area contributed by atoms with Crippen LogP contribution < -0.4 is 5.32 Å². The van der Waals surface area contributed by atoms with Crippen LogP contribution in [0.4, 0.5) is 5.82 Å². The number of aromatic nitrogens is 3. The van der Waals surface area contributed by atoms with Crippen LogP contribution in [0.1, 0.15) is 39.8 Å². The predicted molar refractivity (Wildman–Crippen MR) is 93.3 cm³/mol. The van der Waals surface area contributed by atoms with E-state index in [4.69, 9.17) is 4.98 Å². The van der Waals surface area contributed by atoms with Gasteiger partial charge >= 0.3 is 0 Å². The van der Waals surface area contributed by atoms with Crippen LogP contribution in [0.15, 0.2) is 11.7 Å². The summed E-state index contributed by atoms with van der Waals surface area (Å²) in [5.41, 5.74) is 2.88. The van der Waals surface area contributed by atoms with Gasteiger partial charge in [0.15, 0.2) is 5.82 Å². The fraction of sp³-hybridized carbons (Fsp3) is 0.500. The number of halogens is 1. The van der Waals surface area contributed by atoms with Crippen LogP contribution in [-0.4, -0.2) is 21.5 Å². The average molecular weight is 402 g/mol. The summed E-state index contributed by atoms with van der Waals surface area (Å²) in [5.74, 6) is 1.69. The van der Waals surface area contributed by atoms with Gasteiger partial charge in [-0.3, -0.25) is 4.98 Å². The van der Waals surface area contributed by atoms with E-state index in [9.17, 15) is 0 Å². The minimum atomic E-state index is -0.0124. The predicted octanol–water partition coefficient (Wildman–Crippen LogP) is 4.32. The van der Waals surface area contributed by atoms with E-state index in [0.717, 1.165) is 38.7 Å². The van der Waals surface area contributed by atoms with Crippen LogP contribution in [0.2, 0.25) is 0 Å². The van der Waals surface area contributed by atoms with Crippen LogP contribution in [0, 0.1) is 3.57 Å². The Morgan fingerprint density at radius 1 is 1.30 bits per heavy atom. The van der Waals surface area contributed by atoms with Gasteiger partial charge in [0.05, 0.1) is 19.7 Å². The van der Waals surface area contributed by atoms with Gasteiger partial charge in [-0.25, -0.2) is 9.97 Å². The summed E-state index contributed by atoms with van der Waals surface area (Å²) in [6, 6.07) is 0. The molecule has 2 aromatic rings. The van der Waals surface area contributed by atoms with E-state index in [2.05, 4.69) is 65.6 Å². The summed E-state index contributed by atoms with van der Waals surface area (Å²) >= 11 is 3.91. The van der Waals surface area contributed by atoms with Gasteiger partial charge in [-0.2, -0.15) is 0 Å². The van der Waals surface area contributed by atoms with Crippen molar-refractivity contribution in [3.8, 4) is 10.7 Å². The van der Waals surface area contributed by atoms with Crippen molar-refractivity contribution in [3.63, 3.8) is 0 Å². The Labute approximate surface area is 137 Å². The number of thiazole rings is 1. The van der Waals surface area contributed by atoms with Crippen LogP contribution in [0.5, 0.6) is 0 Å². The second-order valence-corrected chi connectivity index (χ2v) is 7.57. The average Bonchev–Trinajstić information content (AvgIpc) is 2.90. The zero-order chi connectivity index (χ0) is 14.8. The lowest BCUT2D eigenvalue weighted by Crippen LogP contribution is -2.19. The third kappa shape index (κ3) is 3.46. The third-order valence-electron chi connectivity index (χ3n) is 2.76. The van der Waals surface area contributed by atoms with Crippen LogP contribution in [-0.2, 0) is 5.41 Å². The van der Waals surface area contributed by atoms with Gasteiger partial charge in [0.1, 0.15) is 5.82 Å². The maximum absolute atomic E-state index is 4.77. The molecule has 0 bridgehead atoms. The normalized spacial score (nSPS) is 11.7. The second kappa shape index (κ2) is 6.34. The van der Waals surface area contributed by atoms with Crippen molar-refractivity contribution in [2.24, 2.45) is 0 Å². The third-order valence-corrected chi connectivity index (χ3v) is 4.55. The fourth-order valence-corrected chi connectivity index (χ4v) is 3.54. The van der Waals surface area contributed by atoms with Crippen molar-refractivity contribution >= 4 is 39.7 Å². The van der Waals surface area contributed by atoms with Crippen molar-refractivity contribution in [2.75, 3.05) is 11.9 Å². The number of hydrogen-bond donors (Lipinski definition) is 1. The van der Waals surface area contributed by atoms with Crippen molar-refractivity contribution < 1.29 is 0 Å². The van der Waals surface area contributed by atoms with E-state index in [1.807, 2.05) is 11.7 Å². The Kier molecular flexibility index (Phi) is 4.95. The lowest BCUT2D eigenvalue weighted by molar-refractivity contribution is 0.564. The molecule has 0 aliphatic carbocycles. The zero-order valence-corrected chi connectivity index (χ0v) is 15.2. The molecule has 0 aliphatic heterocycles. The molecule has 1 N–H and O–H groups in total. The number of hydrogen-bond acceptors (Lipinski definition) is 5. The summed E-state index contributed by atoms with van der Waals surface area (Å²) in [7, 11) is 0. The molecule has 0 saturated carbocycles. The van der Waals surface area contributed by atoms with Crippen LogP contribution >= 0.6 is 33.9 Å². The summed E-state index contributed by atoms with van der Waals surface area (Å²) in [4.78, 5) is 14.6. The highest BCUT2D eigenvalue weighted by Gasteiger charge is 2.23. The highest BCUT2D eigenvalue weighted by atomic mass is 127. The molecular formula is C14H19IN4S. The van der Waals surface area contributed by atoms with Crippen molar-refractivity contribution in [3.05, 3.63) is 21.0 Å². The molecule has 0 aliphatic rings. The van der Waals surface area contributed by atoms with Crippen LogP contribution in [0.3, 0.4) is 0 Å². The minimum absolute atomic E-state index is 0.0124. The summed E-state index contributed by atoms with van der Waals surface area (Å²) in [6.07, 6.45) is 2.89. The van der Waals surface area contributed by atoms with Crippen molar-refractivity contribution in [1.82, 2.24) is 15.0 Å². The smallest absolute Gasteiger partial charge is 0.173 e. The first kappa shape index (κ1) is 15.6. The maximum Gasteiger partial charge on any atom is 0.173 e. The Hall–Kier alpha value is -0.760. The summed E-state index contributed by atoms with van der Waals surface area (Å²) in [5, 5.41) is 3.40. The van der Waals surface area contributed by atoms with Crippen LogP contribution in [0.25, 0.3) is 10.7 Å². The minimum Gasteiger partial charge on any atom is -0.369 e. The molecule has 2 aromatic heterocycles. The molecule has 0 amide bonds. The molecule has 0 atom stereocenters. The number of nitrogens with zero attached hydrogens (tertiary/aromatic N) is 3. The van der Waals surface area contributed by atoms with Gasteiger partial charge in [-0.1, -0.05) is 27.7 Å². The first-order chi connectivity index (χ1) is 9.43. The Bertz CT molecular complexity index is 576. The second-order valence-electron chi connectivity index (χ2n) is 5.60. The molecule has 2 heterocycles. The highest BCUT2D eigenvalue weighted by molar-refractivity contribution is 14.1. The summed E-state index contributed by atoms with van der Waals surface area (Å²) < 4.78 is 1.11. The van der Waals surface area contributed by atoms with Gasteiger partial charge in [0.25, 0.3) is 0 Å². The molecule has 4 nitrogen and oxygen atoms in total. The monoisotopic (exact) mass is 402 g/mol. The van der Waals surface area contributed by atoms with Gasteiger partial charge in [0, 0.05) is 18.2 Å². The molecule has 2 rings (SSSR count). The lowest BCUT2D eigenvalue weighted by atomic mass is 9.92. The number of rotatable bonds is 4. The molecule has 6 heteroatoms.